The van der Waals surface area contributed by atoms with E-state index in [1.54, 1.807) is 12.1 Å². The molecule has 4 aromatic rings. The van der Waals surface area contributed by atoms with Crippen LogP contribution in [0.1, 0.15) is 24.6 Å². The van der Waals surface area contributed by atoms with Crippen LogP contribution in [0.3, 0.4) is 0 Å². The van der Waals surface area contributed by atoms with E-state index in [1.165, 1.54) is 23.7 Å². The lowest BCUT2D eigenvalue weighted by atomic mass is 9.96. The molecular weight excluding hydrogens is 450 g/mol. The first kappa shape index (κ1) is 23.6. The Morgan fingerprint density at radius 2 is 1.74 bits per heavy atom. The molecule has 0 aliphatic heterocycles. The Balaban J connectivity index is 1.72. The van der Waals surface area contributed by atoms with Crippen LogP contribution in [-0.4, -0.2) is 45.4 Å². The van der Waals surface area contributed by atoms with Crippen molar-refractivity contribution in [3.05, 3.63) is 71.8 Å². The molecule has 0 spiro atoms. The number of hydrogen-bond donors (Lipinski definition) is 1. The second kappa shape index (κ2) is 8.68. The van der Waals surface area contributed by atoms with Gasteiger partial charge in [-0.25, -0.2) is 14.1 Å². The van der Waals surface area contributed by atoms with Gasteiger partial charge in [-0.15, -0.1) is 5.10 Å². The van der Waals surface area contributed by atoms with Crippen molar-refractivity contribution in [3.63, 3.8) is 0 Å². The molecule has 0 aliphatic carbocycles. The molecular formula is C24H23F4N5O. The van der Waals surface area contributed by atoms with Crippen molar-refractivity contribution in [1.82, 2.24) is 20.0 Å². The molecule has 178 valence electrons. The van der Waals surface area contributed by atoms with Crippen LogP contribution >= 0.6 is 0 Å². The number of nitrogens with zero attached hydrogens (tertiary/aromatic N) is 5. The lowest BCUT2D eigenvalue weighted by Crippen LogP contribution is -2.42. The number of rotatable bonds is 6. The molecule has 0 fully saturated rings. The molecule has 1 unspecified atom stereocenters. The second-order valence-corrected chi connectivity index (χ2v) is 8.29. The van der Waals surface area contributed by atoms with Crippen molar-refractivity contribution < 1.29 is 22.7 Å². The number of benzene rings is 2. The van der Waals surface area contributed by atoms with Gasteiger partial charge < -0.3 is 10.0 Å². The molecule has 2 aromatic carbocycles. The number of aliphatic hydroxyl groups is 1. The van der Waals surface area contributed by atoms with Gasteiger partial charge in [-0.05, 0) is 47.4 Å². The summed E-state index contributed by atoms with van der Waals surface area (Å²) in [5.74, 6) is 0.370. The minimum Gasteiger partial charge on any atom is -0.375 e. The third kappa shape index (κ3) is 4.33. The summed E-state index contributed by atoms with van der Waals surface area (Å²) in [6, 6.07) is 13.6. The fourth-order valence-electron chi connectivity index (χ4n) is 3.73. The predicted octanol–water partition coefficient (Wildman–Crippen LogP) is 4.91. The third-order valence-corrected chi connectivity index (χ3v) is 5.76. The Bertz CT molecular complexity index is 1320. The summed E-state index contributed by atoms with van der Waals surface area (Å²) in [6.07, 6.45) is -4.34. The van der Waals surface area contributed by atoms with Crippen molar-refractivity contribution in [2.24, 2.45) is 0 Å². The Hall–Kier alpha value is -3.53. The van der Waals surface area contributed by atoms with Gasteiger partial charge >= 0.3 is 6.18 Å². The molecule has 2 aromatic heterocycles. The van der Waals surface area contributed by atoms with Gasteiger partial charge in [0.2, 0.25) is 5.60 Å². The third-order valence-electron chi connectivity index (χ3n) is 5.76. The monoisotopic (exact) mass is 473 g/mol. The highest BCUT2D eigenvalue weighted by Crippen LogP contribution is 2.40. The van der Waals surface area contributed by atoms with E-state index in [4.69, 9.17) is 0 Å². The number of fused-ring (bicyclic) bond motifs is 1. The molecule has 10 heteroatoms. The number of alkyl halides is 3. The fraction of sp³-hybridized carbons (Fsp3) is 0.292. The van der Waals surface area contributed by atoms with E-state index in [-0.39, 0.29) is 12.4 Å². The Morgan fingerprint density at radius 1 is 1.03 bits per heavy atom. The minimum atomic E-state index is -4.87. The van der Waals surface area contributed by atoms with Crippen LogP contribution in [0.4, 0.5) is 23.4 Å². The van der Waals surface area contributed by atoms with Gasteiger partial charge in [0, 0.05) is 19.5 Å². The summed E-state index contributed by atoms with van der Waals surface area (Å²) < 4.78 is 54.7. The van der Waals surface area contributed by atoms with Crippen LogP contribution in [0.2, 0.25) is 0 Å². The first-order chi connectivity index (χ1) is 16.0. The highest BCUT2D eigenvalue weighted by molar-refractivity contribution is 5.96. The Kier molecular flexibility index (Phi) is 6.03. The van der Waals surface area contributed by atoms with Crippen LogP contribution in [0.15, 0.2) is 54.7 Å². The zero-order chi connectivity index (χ0) is 24.7. The molecule has 0 amide bonds. The maximum Gasteiger partial charge on any atom is 0.423 e. The quantitative estimate of drug-likeness (QED) is 0.403. The number of hydrogen-bond acceptors (Lipinski definition) is 5. The average Bonchev–Trinajstić information content (AvgIpc) is 3.26. The molecule has 0 aliphatic rings. The van der Waals surface area contributed by atoms with E-state index in [9.17, 15) is 22.7 Å². The van der Waals surface area contributed by atoms with Crippen LogP contribution in [0.25, 0.3) is 22.0 Å². The van der Waals surface area contributed by atoms with Gasteiger partial charge in [0.05, 0.1) is 18.3 Å². The van der Waals surface area contributed by atoms with Crippen LogP contribution < -0.4 is 4.90 Å². The van der Waals surface area contributed by atoms with E-state index >= 15 is 0 Å². The summed E-state index contributed by atoms with van der Waals surface area (Å²) >= 11 is 0. The highest BCUT2D eigenvalue weighted by atomic mass is 19.4. The van der Waals surface area contributed by atoms with Gasteiger partial charge in [-0.2, -0.15) is 13.2 Å². The molecule has 0 bridgehead atoms. The SMILES string of the molecule is CCC(O)(c1cn(Cc2ccc3c(-c4ccc(F)cc4)cc(N(C)C)nc3c2)nn1)C(F)(F)F. The lowest BCUT2D eigenvalue weighted by molar-refractivity contribution is -0.269. The van der Waals surface area contributed by atoms with Crippen LogP contribution in [0, 0.1) is 5.82 Å². The topological polar surface area (TPSA) is 67.1 Å². The van der Waals surface area contributed by atoms with Gasteiger partial charge in [-0.1, -0.05) is 36.4 Å². The van der Waals surface area contributed by atoms with Crippen molar-refractivity contribution in [2.75, 3.05) is 19.0 Å². The summed E-state index contributed by atoms with van der Waals surface area (Å²) in [5, 5.41) is 18.3. The van der Waals surface area contributed by atoms with E-state index in [0.29, 0.717) is 11.3 Å². The second-order valence-electron chi connectivity index (χ2n) is 8.29. The summed E-state index contributed by atoms with van der Waals surface area (Å²) in [4.78, 5) is 6.54. The maximum atomic E-state index is 13.4. The van der Waals surface area contributed by atoms with Crippen molar-refractivity contribution in [2.45, 2.75) is 31.7 Å². The number of anilines is 1. The van der Waals surface area contributed by atoms with Crippen molar-refractivity contribution in [3.8, 4) is 11.1 Å². The van der Waals surface area contributed by atoms with Gasteiger partial charge in [0.1, 0.15) is 17.3 Å². The molecule has 0 radical (unpaired) electrons. The molecule has 0 saturated carbocycles. The van der Waals surface area contributed by atoms with Crippen molar-refractivity contribution >= 4 is 16.7 Å². The first-order valence-electron chi connectivity index (χ1n) is 10.6. The van der Waals surface area contributed by atoms with E-state index < -0.39 is 23.9 Å². The Morgan fingerprint density at radius 3 is 2.35 bits per heavy atom. The largest absolute Gasteiger partial charge is 0.423 e. The van der Waals surface area contributed by atoms with Gasteiger partial charge in [0.15, 0.2) is 0 Å². The molecule has 34 heavy (non-hydrogen) atoms. The van der Waals surface area contributed by atoms with E-state index in [0.717, 1.165) is 28.3 Å². The molecule has 0 saturated heterocycles. The van der Waals surface area contributed by atoms with E-state index in [2.05, 4.69) is 15.3 Å². The van der Waals surface area contributed by atoms with Gasteiger partial charge in [-0.3, -0.25) is 0 Å². The van der Waals surface area contributed by atoms with Crippen LogP contribution in [0.5, 0.6) is 0 Å². The number of pyridine rings is 1. The first-order valence-corrected chi connectivity index (χ1v) is 10.6. The maximum absolute atomic E-state index is 13.4. The molecule has 1 N–H and O–H groups in total. The average molecular weight is 473 g/mol. The zero-order valence-electron chi connectivity index (χ0n) is 18.8. The van der Waals surface area contributed by atoms with Gasteiger partial charge in [0.25, 0.3) is 0 Å². The number of halogens is 4. The van der Waals surface area contributed by atoms with Crippen LogP contribution in [-0.2, 0) is 12.1 Å². The van der Waals surface area contributed by atoms with Crippen molar-refractivity contribution in [1.29, 1.82) is 0 Å². The molecule has 1 atom stereocenters. The zero-order valence-corrected chi connectivity index (χ0v) is 18.8. The summed E-state index contributed by atoms with van der Waals surface area (Å²) in [6.45, 7) is 1.38. The minimum absolute atomic E-state index is 0.139. The Labute approximate surface area is 193 Å². The fourth-order valence-corrected chi connectivity index (χ4v) is 3.73. The summed E-state index contributed by atoms with van der Waals surface area (Å²) in [7, 11) is 3.72. The highest BCUT2D eigenvalue weighted by Gasteiger charge is 2.55. The predicted molar refractivity (Wildman–Crippen MR) is 121 cm³/mol. The molecule has 6 nitrogen and oxygen atoms in total. The molecule has 4 rings (SSSR count). The van der Waals surface area contributed by atoms with E-state index in [1.807, 2.05) is 43.3 Å². The lowest BCUT2D eigenvalue weighted by Gasteiger charge is -2.26. The normalized spacial score (nSPS) is 13.8. The summed E-state index contributed by atoms with van der Waals surface area (Å²) in [5.41, 5.74) is -0.484. The number of aromatic nitrogens is 4. The molecule has 2 heterocycles. The smallest absolute Gasteiger partial charge is 0.375 e. The standard InChI is InChI=1S/C24H23F4N5O/c1-4-23(34,24(26,27)28)21-14-33(31-30-21)13-15-5-10-18-19(16-6-8-17(25)9-7-16)12-22(32(2)3)29-20(18)11-15/h5-12,14,34H,4,13H2,1-3H3.